The van der Waals surface area contributed by atoms with Crippen LogP contribution in [0.5, 0.6) is 0 Å². The highest BCUT2D eigenvalue weighted by Crippen LogP contribution is 2.44. The van der Waals surface area contributed by atoms with Crippen molar-refractivity contribution < 1.29 is 4.84 Å². The van der Waals surface area contributed by atoms with Gasteiger partial charge in [-0.15, -0.1) is 0 Å². The number of nitrogens with two attached hydrogens (primary N) is 1. The molecule has 4 rings (SSSR count). The van der Waals surface area contributed by atoms with Crippen LogP contribution in [0.2, 0.25) is 0 Å². The first-order valence-corrected chi connectivity index (χ1v) is 8.54. The summed E-state index contributed by atoms with van der Waals surface area (Å²) in [5, 5.41) is 4.52. The molecule has 2 N–H and O–H groups in total. The molecule has 5 nitrogen and oxygen atoms in total. The van der Waals surface area contributed by atoms with Crippen LogP contribution in [0.15, 0.2) is 66.1 Å². The zero-order chi connectivity index (χ0) is 18.1. The van der Waals surface area contributed by atoms with Gasteiger partial charge in [0.15, 0.2) is 0 Å². The monoisotopic (exact) mass is 344 g/mol. The summed E-state index contributed by atoms with van der Waals surface area (Å²) < 4.78 is 0. The minimum Gasteiger partial charge on any atom is -0.391 e. The van der Waals surface area contributed by atoms with Gasteiger partial charge in [0, 0.05) is 22.1 Å². The van der Waals surface area contributed by atoms with Gasteiger partial charge in [0.2, 0.25) is 0 Å². The van der Waals surface area contributed by atoms with Gasteiger partial charge in [-0.3, -0.25) is 0 Å². The van der Waals surface area contributed by atoms with Gasteiger partial charge in [-0.2, -0.15) is 0 Å². The van der Waals surface area contributed by atoms with Crippen molar-refractivity contribution in [3.8, 4) is 11.3 Å². The molecule has 0 saturated heterocycles. The fourth-order valence-electron chi connectivity index (χ4n) is 3.48. The molecule has 0 bridgehead atoms. The normalized spacial score (nSPS) is 16.0. The zero-order valence-corrected chi connectivity index (χ0v) is 14.8. The van der Waals surface area contributed by atoms with Gasteiger partial charge in [-0.1, -0.05) is 59.8 Å². The number of aromatic nitrogens is 2. The summed E-state index contributed by atoms with van der Waals surface area (Å²) >= 11 is 0. The lowest BCUT2D eigenvalue weighted by Crippen LogP contribution is -2.36. The van der Waals surface area contributed by atoms with Crippen molar-refractivity contribution >= 4 is 11.5 Å². The van der Waals surface area contributed by atoms with E-state index in [0.29, 0.717) is 12.4 Å². The number of hydrogen-bond donors (Lipinski definition) is 1. The molecule has 3 aromatic rings. The smallest absolute Gasteiger partial charge is 0.142 e. The van der Waals surface area contributed by atoms with Gasteiger partial charge in [-0.25, -0.2) is 9.97 Å². The molecule has 0 atom stereocenters. The van der Waals surface area contributed by atoms with Gasteiger partial charge in [0.05, 0.1) is 11.4 Å². The SMILES string of the molecule is CC1(C)C(=NOCc2ccccc2)c2ccccc2-c2ncnc(N)c21. The number of anilines is 1. The van der Waals surface area contributed by atoms with E-state index in [9.17, 15) is 0 Å². The molecule has 0 unspecified atom stereocenters. The molecule has 130 valence electrons. The number of nitrogens with zero attached hydrogens (tertiary/aromatic N) is 3. The van der Waals surface area contributed by atoms with Crippen LogP contribution in [0.4, 0.5) is 5.82 Å². The maximum absolute atomic E-state index is 6.21. The predicted octanol–water partition coefficient (Wildman–Crippen LogP) is 3.94. The van der Waals surface area contributed by atoms with Crippen LogP contribution in [-0.2, 0) is 16.9 Å². The summed E-state index contributed by atoms with van der Waals surface area (Å²) in [6.45, 7) is 4.56. The molecule has 0 saturated carbocycles. The predicted molar refractivity (Wildman–Crippen MR) is 103 cm³/mol. The van der Waals surface area contributed by atoms with Crippen LogP contribution in [0, 0.1) is 0 Å². The molecule has 0 spiro atoms. The Morgan fingerprint density at radius 2 is 1.65 bits per heavy atom. The van der Waals surface area contributed by atoms with E-state index in [1.165, 1.54) is 6.33 Å². The van der Waals surface area contributed by atoms with Crippen LogP contribution in [0.3, 0.4) is 0 Å². The fourth-order valence-corrected chi connectivity index (χ4v) is 3.48. The van der Waals surface area contributed by atoms with E-state index in [-0.39, 0.29) is 0 Å². The van der Waals surface area contributed by atoms with E-state index in [4.69, 9.17) is 10.6 Å². The lowest BCUT2D eigenvalue weighted by atomic mass is 9.70. The van der Waals surface area contributed by atoms with Crippen molar-refractivity contribution in [2.75, 3.05) is 5.73 Å². The third-order valence-electron chi connectivity index (χ3n) is 4.76. The van der Waals surface area contributed by atoms with Crippen molar-refractivity contribution in [3.05, 3.63) is 77.6 Å². The Hall–Kier alpha value is -3.21. The summed E-state index contributed by atoms with van der Waals surface area (Å²) in [4.78, 5) is 14.4. The van der Waals surface area contributed by atoms with Crippen LogP contribution < -0.4 is 5.73 Å². The summed E-state index contributed by atoms with van der Waals surface area (Å²) in [5.74, 6) is 0.477. The number of rotatable bonds is 3. The molecule has 1 aliphatic carbocycles. The summed E-state index contributed by atoms with van der Waals surface area (Å²) in [5.41, 5.74) is 11.4. The first-order chi connectivity index (χ1) is 12.6. The second-order valence-corrected chi connectivity index (χ2v) is 6.85. The van der Waals surface area contributed by atoms with Crippen molar-refractivity contribution in [2.45, 2.75) is 25.9 Å². The van der Waals surface area contributed by atoms with Gasteiger partial charge >= 0.3 is 0 Å². The molecule has 26 heavy (non-hydrogen) atoms. The standard InChI is InChI=1S/C21H20N4O/c1-21(2)17-18(23-13-24-20(17)22)15-10-6-7-11-16(15)19(21)25-26-12-14-8-4-3-5-9-14/h3-11,13H,12H2,1-2H3,(H2,22,23,24). The number of hydrogen-bond acceptors (Lipinski definition) is 5. The molecule has 2 aromatic carbocycles. The summed E-state index contributed by atoms with van der Waals surface area (Å²) in [6.07, 6.45) is 1.51. The van der Waals surface area contributed by atoms with Gasteiger partial charge in [-0.05, 0) is 19.4 Å². The van der Waals surface area contributed by atoms with Crippen molar-refractivity contribution in [2.24, 2.45) is 5.16 Å². The lowest BCUT2D eigenvalue weighted by Gasteiger charge is -2.34. The second-order valence-electron chi connectivity index (χ2n) is 6.85. The second kappa shape index (κ2) is 6.26. The highest BCUT2D eigenvalue weighted by atomic mass is 16.6. The van der Waals surface area contributed by atoms with Gasteiger partial charge < -0.3 is 10.6 Å². The zero-order valence-electron chi connectivity index (χ0n) is 14.8. The van der Waals surface area contributed by atoms with Crippen molar-refractivity contribution in [1.82, 2.24) is 9.97 Å². The maximum Gasteiger partial charge on any atom is 0.142 e. The van der Waals surface area contributed by atoms with Crippen LogP contribution in [-0.4, -0.2) is 15.7 Å². The van der Waals surface area contributed by atoms with Crippen LogP contribution in [0.1, 0.15) is 30.5 Å². The molecule has 0 radical (unpaired) electrons. The first-order valence-electron chi connectivity index (χ1n) is 8.54. The Morgan fingerprint density at radius 3 is 2.42 bits per heavy atom. The molecule has 1 aromatic heterocycles. The van der Waals surface area contributed by atoms with Crippen LogP contribution >= 0.6 is 0 Å². The quantitative estimate of drug-likeness (QED) is 0.731. The van der Waals surface area contributed by atoms with E-state index in [0.717, 1.165) is 33.7 Å². The Bertz CT molecular complexity index is 980. The van der Waals surface area contributed by atoms with Gasteiger partial charge in [0.1, 0.15) is 18.8 Å². The number of benzene rings is 2. The number of nitrogen functional groups attached to an aromatic ring is 1. The van der Waals surface area contributed by atoms with E-state index >= 15 is 0 Å². The van der Waals surface area contributed by atoms with E-state index in [1.807, 2.05) is 54.6 Å². The molecule has 1 heterocycles. The van der Waals surface area contributed by atoms with Crippen molar-refractivity contribution in [3.63, 3.8) is 0 Å². The molecule has 0 fully saturated rings. The summed E-state index contributed by atoms with van der Waals surface area (Å²) in [6, 6.07) is 18.0. The fraction of sp³-hybridized carbons (Fsp3) is 0.190. The minimum atomic E-state index is -0.467. The first kappa shape index (κ1) is 16.3. The molecule has 0 amide bonds. The van der Waals surface area contributed by atoms with Crippen LogP contribution in [0.25, 0.3) is 11.3 Å². The average Bonchev–Trinajstić information content (AvgIpc) is 2.65. The highest BCUT2D eigenvalue weighted by Gasteiger charge is 2.40. The van der Waals surface area contributed by atoms with E-state index in [1.54, 1.807) is 0 Å². The van der Waals surface area contributed by atoms with E-state index in [2.05, 4.69) is 29.0 Å². The molecular weight excluding hydrogens is 324 g/mol. The van der Waals surface area contributed by atoms with Gasteiger partial charge in [0.25, 0.3) is 0 Å². The Balaban J connectivity index is 1.79. The summed E-state index contributed by atoms with van der Waals surface area (Å²) in [7, 11) is 0. The van der Waals surface area contributed by atoms with Crippen molar-refractivity contribution in [1.29, 1.82) is 0 Å². The third kappa shape index (κ3) is 2.62. The number of fused-ring (bicyclic) bond motifs is 3. The molecular formula is C21H20N4O. The average molecular weight is 344 g/mol. The third-order valence-corrected chi connectivity index (χ3v) is 4.76. The minimum absolute atomic E-state index is 0.413. The Kier molecular flexibility index (Phi) is 3.92. The molecule has 0 aliphatic heterocycles. The Labute approximate surface area is 152 Å². The highest BCUT2D eigenvalue weighted by molar-refractivity contribution is 6.15. The largest absolute Gasteiger partial charge is 0.391 e. The lowest BCUT2D eigenvalue weighted by molar-refractivity contribution is 0.129. The Morgan fingerprint density at radius 1 is 0.962 bits per heavy atom. The molecule has 1 aliphatic rings. The topological polar surface area (TPSA) is 73.4 Å². The number of oxime groups is 1. The molecule has 5 heteroatoms. The maximum atomic E-state index is 6.21. The van der Waals surface area contributed by atoms with E-state index < -0.39 is 5.41 Å².